The van der Waals surface area contributed by atoms with Gasteiger partial charge < -0.3 is 71.1 Å². The standard InChI is InChI=1S/C15H22N4O3.C15H24N4O.C10H20N2O.C5H3FN2O2/c1-17-8-2-3-13(17)15(20)6-9-18(10-7-15)12-4-5-14(16-11-12)19(21)22;1-18-8-2-3-13(18)15(20)6-9-19(10-7-15)12-4-5-14(16)17-11-12;1-12-8-2-3-9(12)10(13)4-6-11-7-5-10;6-4-1-2-5(7-3-4)8(9)10/h4-5,11,13,20H,2-3,6-10H2,1H3;4-5,11,13,20H,2-3,6-10H2,1H3,(H2,16,17);9,11,13H,2-8H2,1H3;1-3H. The fourth-order valence-electron chi connectivity index (χ4n) is 10.7. The first kappa shape index (κ1) is 49.7. The Hall–Kier alpha value is -4.70. The van der Waals surface area contributed by atoms with Crippen LogP contribution >= 0.6 is 0 Å². The number of pyridine rings is 3. The van der Waals surface area contributed by atoms with Crippen LogP contribution in [0.15, 0.2) is 55.0 Å². The van der Waals surface area contributed by atoms with Gasteiger partial charge in [0.2, 0.25) is 0 Å². The van der Waals surface area contributed by atoms with Crippen molar-refractivity contribution in [2.45, 2.75) is 112 Å². The summed E-state index contributed by atoms with van der Waals surface area (Å²) in [4.78, 5) is 42.0. The number of nitrogen functional groups attached to an aromatic ring is 1. The number of nitro groups is 2. The first-order valence-corrected chi connectivity index (χ1v) is 23.1. The molecule has 20 heteroatoms. The molecule has 0 bridgehead atoms. The highest BCUT2D eigenvalue weighted by Gasteiger charge is 2.45. The van der Waals surface area contributed by atoms with Crippen LogP contribution < -0.4 is 20.9 Å². The number of aromatic nitrogens is 3. The van der Waals surface area contributed by atoms with Crippen LogP contribution in [0.5, 0.6) is 0 Å². The Morgan fingerprint density at radius 2 is 0.985 bits per heavy atom. The molecule has 9 rings (SSSR count). The molecule has 3 unspecified atom stereocenters. The molecule has 9 heterocycles. The van der Waals surface area contributed by atoms with Crippen molar-refractivity contribution < 1.29 is 29.6 Å². The maximum Gasteiger partial charge on any atom is 0.363 e. The summed E-state index contributed by atoms with van der Waals surface area (Å²) >= 11 is 0. The molecule has 0 aromatic carbocycles. The van der Waals surface area contributed by atoms with Gasteiger partial charge in [0.1, 0.15) is 5.82 Å². The van der Waals surface area contributed by atoms with Crippen LogP contribution in [0.3, 0.4) is 0 Å². The third kappa shape index (κ3) is 12.8. The van der Waals surface area contributed by atoms with Crippen LogP contribution in [0.1, 0.15) is 77.0 Å². The summed E-state index contributed by atoms with van der Waals surface area (Å²) in [5, 5.41) is 56.2. The number of piperidine rings is 3. The van der Waals surface area contributed by atoms with Gasteiger partial charge >= 0.3 is 11.6 Å². The number of nitrogens with zero attached hydrogens (tertiary/aromatic N) is 10. The van der Waals surface area contributed by atoms with Gasteiger partial charge in [-0.15, -0.1) is 0 Å². The molecule has 0 aliphatic carbocycles. The van der Waals surface area contributed by atoms with Crippen LogP contribution in [0, 0.1) is 26.0 Å². The lowest BCUT2D eigenvalue weighted by molar-refractivity contribution is -0.389. The average Bonchev–Trinajstić information content (AvgIpc) is 4.07. The molecule has 65 heavy (non-hydrogen) atoms. The molecule has 0 amide bonds. The Labute approximate surface area is 381 Å². The van der Waals surface area contributed by atoms with Gasteiger partial charge in [0.05, 0.1) is 34.4 Å². The zero-order valence-corrected chi connectivity index (χ0v) is 38.2. The summed E-state index contributed by atoms with van der Waals surface area (Å²) in [5.41, 5.74) is 6.06. The minimum absolute atomic E-state index is 0.134. The van der Waals surface area contributed by atoms with Crippen molar-refractivity contribution in [2.75, 3.05) is 95.6 Å². The number of aliphatic hydroxyl groups is 3. The number of anilines is 3. The average molecular weight is 909 g/mol. The zero-order valence-electron chi connectivity index (χ0n) is 38.2. The normalized spacial score (nSPS) is 25.3. The van der Waals surface area contributed by atoms with Crippen molar-refractivity contribution in [1.29, 1.82) is 0 Å². The van der Waals surface area contributed by atoms with Gasteiger partial charge in [-0.25, -0.2) is 9.37 Å². The summed E-state index contributed by atoms with van der Waals surface area (Å²) in [6, 6.07) is 10.0. The predicted molar refractivity (Wildman–Crippen MR) is 247 cm³/mol. The topological polar surface area (TPSA) is 240 Å². The molecular formula is C45H69FN12O7. The van der Waals surface area contributed by atoms with E-state index in [-0.39, 0.29) is 17.7 Å². The SMILES string of the molecule is CN1CCCC1C1(O)CCN(c2ccc(N)nc2)CC1.CN1CCCC1C1(O)CCN(c2ccc([N+](=O)[O-])nc2)CC1.CN1CCCC1C1(O)CCNCC1.O=[N+]([O-])c1ccc(F)cn1. The Bertz CT molecular complexity index is 1960. The van der Waals surface area contributed by atoms with Crippen molar-refractivity contribution in [3.05, 3.63) is 81.0 Å². The van der Waals surface area contributed by atoms with Crippen LogP contribution in [-0.2, 0) is 0 Å². The molecule has 6 fully saturated rings. The van der Waals surface area contributed by atoms with Gasteiger partial charge in [0.15, 0.2) is 18.2 Å². The van der Waals surface area contributed by atoms with Gasteiger partial charge in [-0.2, -0.15) is 0 Å². The van der Waals surface area contributed by atoms with Gasteiger partial charge in [-0.1, -0.05) is 0 Å². The van der Waals surface area contributed by atoms with Crippen LogP contribution in [0.4, 0.5) is 33.2 Å². The number of likely N-dealkylation sites (tertiary alicyclic amines) is 3. The molecule has 0 spiro atoms. The quantitative estimate of drug-likeness (QED) is 0.167. The second-order valence-corrected chi connectivity index (χ2v) is 18.6. The van der Waals surface area contributed by atoms with Crippen molar-refractivity contribution in [3.8, 4) is 0 Å². The number of nitrogens with one attached hydrogen (secondary N) is 1. The molecule has 3 aromatic rings. The van der Waals surface area contributed by atoms with E-state index >= 15 is 0 Å². The predicted octanol–water partition coefficient (Wildman–Crippen LogP) is 3.83. The van der Waals surface area contributed by atoms with Gasteiger partial charge in [0.25, 0.3) is 0 Å². The van der Waals surface area contributed by atoms with E-state index in [0.717, 1.165) is 146 Å². The highest BCUT2D eigenvalue weighted by atomic mass is 19.1. The first-order chi connectivity index (χ1) is 31.0. The fourth-order valence-corrected chi connectivity index (χ4v) is 10.7. The second kappa shape index (κ2) is 22.2. The molecule has 6 N–H and O–H groups in total. The van der Waals surface area contributed by atoms with Crippen LogP contribution in [-0.4, -0.2) is 170 Å². The molecule has 6 aliphatic heterocycles. The summed E-state index contributed by atoms with van der Waals surface area (Å²) in [5.74, 6) is -0.508. The molecule has 358 valence electrons. The van der Waals surface area contributed by atoms with E-state index in [4.69, 9.17) is 5.73 Å². The number of rotatable bonds is 7. The van der Waals surface area contributed by atoms with Gasteiger partial charge in [-0.3, -0.25) is 0 Å². The maximum absolute atomic E-state index is 12.1. The minimum atomic E-state index is -0.681. The lowest BCUT2D eigenvalue weighted by atomic mass is 9.83. The summed E-state index contributed by atoms with van der Waals surface area (Å²) in [7, 11) is 6.35. The number of nitrogens with two attached hydrogens (primary N) is 1. The van der Waals surface area contributed by atoms with E-state index in [1.165, 1.54) is 25.3 Å². The smallest absolute Gasteiger partial charge is 0.363 e. The highest BCUT2D eigenvalue weighted by molar-refractivity contribution is 5.49. The van der Waals surface area contributed by atoms with Crippen molar-refractivity contribution >= 4 is 28.8 Å². The number of likely N-dealkylation sites (N-methyl/N-ethyl adjacent to an activating group) is 3. The lowest BCUT2D eigenvalue weighted by Gasteiger charge is -2.44. The Morgan fingerprint density at radius 3 is 1.31 bits per heavy atom. The second-order valence-electron chi connectivity index (χ2n) is 18.6. The maximum atomic E-state index is 12.1. The number of hydrogen-bond donors (Lipinski definition) is 5. The molecule has 6 saturated heterocycles. The largest absolute Gasteiger partial charge is 0.388 e. The number of halogens is 1. The highest BCUT2D eigenvalue weighted by Crippen LogP contribution is 2.37. The summed E-state index contributed by atoms with van der Waals surface area (Å²) in [6.07, 6.45) is 16.1. The van der Waals surface area contributed by atoms with Gasteiger partial charge in [-0.05, 0) is 175 Å². The molecule has 19 nitrogen and oxygen atoms in total. The van der Waals surface area contributed by atoms with E-state index in [2.05, 4.69) is 65.9 Å². The zero-order chi connectivity index (χ0) is 46.8. The van der Waals surface area contributed by atoms with Crippen LogP contribution in [0.2, 0.25) is 0 Å². The van der Waals surface area contributed by atoms with Crippen molar-refractivity contribution in [1.82, 2.24) is 35.0 Å². The van der Waals surface area contributed by atoms with Crippen molar-refractivity contribution in [2.24, 2.45) is 0 Å². The number of hydrogen-bond acceptors (Lipinski definition) is 17. The van der Waals surface area contributed by atoms with E-state index in [9.17, 15) is 39.9 Å². The molecular weight excluding hydrogens is 840 g/mol. The fraction of sp³-hybridized carbons (Fsp3) is 0.667. The Kier molecular flexibility index (Phi) is 17.0. The van der Waals surface area contributed by atoms with E-state index < -0.39 is 32.5 Å². The van der Waals surface area contributed by atoms with Crippen LogP contribution in [0.25, 0.3) is 0 Å². The Balaban J connectivity index is 0.000000150. The van der Waals surface area contributed by atoms with E-state index in [1.807, 2.05) is 18.3 Å². The summed E-state index contributed by atoms with van der Waals surface area (Å²) < 4.78 is 12.1. The van der Waals surface area contributed by atoms with Gasteiger partial charge in [0, 0.05) is 56.4 Å². The summed E-state index contributed by atoms with van der Waals surface area (Å²) in [6.45, 7) is 8.53. The molecule has 0 radical (unpaired) electrons. The first-order valence-electron chi connectivity index (χ1n) is 23.1. The third-order valence-electron chi connectivity index (χ3n) is 14.5. The Morgan fingerprint density at radius 1 is 0.600 bits per heavy atom. The molecule has 0 saturated carbocycles. The third-order valence-corrected chi connectivity index (χ3v) is 14.5. The van der Waals surface area contributed by atoms with E-state index in [0.29, 0.717) is 17.9 Å². The molecule has 6 aliphatic rings. The molecule has 3 atom stereocenters. The monoisotopic (exact) mass is 909 g/mol. The van der Waals surface area contributed by atoms with Crippen molar-refractivity contribution in [3.63, 3.8) is 0 Å². The molecule has 3 aromatic heterocycles. The minimum Gasteiger partial charge on any atom is -0.388 e. The van der Waals surface area contributed by atoms with E-state index in [1.54, 1.807) is 12.3 Å². The lowest BCUT2D eigenvalue weighted by Crippen LogP contribution is -2.55.